The van der Waals surface area contributed by atoms with Gasteiger partial charge in [-0.3, -0.25) is 4.79 Å². The molecule has 0 aliphatic rings. The molecule has 0 radical (unpaired) electrons. The molecular formula is C11H15BrN2O2. The summed E-state index contributed by atoms with van der Waals surface area (Å²) < 4.78 is 0.686. The predicted octanol–water partition coefficient (Wildman–Crippen LogP) is 1.59. The van der Waals surface area contributed by atoms with Gasteiger partial charge < -0.3 is 10.4 Å². The first-order valence-corrected chi connectivity index (χ1v) is 5.88. The summed E-state index contributed by atoms with van der Waals surface area (Å²) in [6, 6.07) is 3.38. The van der Waals surface area contributed by atoms with Gasteiger partial charge in [0.15, 0.2) is 0 Å². The second-order valence-electron chi connectivity index (χ2n) is 3.89. The summed E-state index contributed by atoms with van der Waals surface area (Å²) in [5, 5.41) is 12.2. The lowest BCUT2D eigenvalue weighted by Crippen LogP contribution is -2.34. The molecule has 0 spiro atoms. The molecule has 0 aromatic carbocycles. The normalized spacial score (nSPS) is 12.6. The van der Waals surface area contributed by atoms with Crippen LogP contribution < -0.4 is 5.32 Å². The first-order valence-electron chi connectivity index (χ1n) is 5.08. The van der Waals surface area contributed by atoms with Crippen LogP contribution in [0.1, 0.15) is 24.2 Å². The number of hydrogen-bond acceptors (Lipinski definition) is 3. The minimum absolute atomic E-state index is 0.128. The van der Waals surface area contributed by atoms with Crippen molar-refractivity contribution in [3.63, 3.8) is 0 Å². The molecule has 4 nitrogen and oxygen atoms in total. The summed E-state index contributed by atoms with van der Waals surface area (Å²) in [6.07, 6.45) is 0.966. The monoisotopic (exact) mass is 286 g/mol. The first-order chi connectivity index (χ1) is 7.50. The number of aliphatic hydroxyl groups excluding tert-OH is 1. The van der Waals surface area contributed by atoms with Crippen LogP contribution in [0, 0.1) is 5.92 Å². The molecule has 16 heavy (non-hydrogen) atoms. The van der Waals surface area contributed by atoms with Crippen LogP contribution in [0.15, 0.2) is 22.9 Å². The number of aliphatic hydroxyl groups is 1. The Kier molecular flexibility index (Phi) is 4.89. The van der Waals surface area contributed by atoms with Crippen LogP contribution in [0.4, 0.5) is 0 Å². The second-order valence-corrected chi connectivity index (χ2v) is 4.70. The third-order valence-electron chi connectivity index (χ3n) is 2.23. The molecule has 0 fully saturated rings. The van der Waals surface area contributed by atoms with Gasteiger partial charge in [0.1, 0.15) is 4.60 Å². The van der Waals surface area contributed by atoms with Gasteiger partial charge in [-0.2, -0.15) is 0 Å². The first kappa shape index (κ1) is 13.1. The molecular weight excluding hydrogens is 272 g/mol. The van der Waals surface area contributed by atoms with Gasteiger partial charge in [-0.15, -0.1) is 0 Å². The number of nitrogens with one attached hydrogen (secondary N) is 1. The van der Waals surface area contributed by atoms with Crippen LogP contribution in [0.2, 0.25) is 0 Å². The van der Waals surface area contributed by atoms with Crippen molar-refractivity contribution in [3.8, 4) is 0 Å². The Morgan fingerprint density at radius 1 is 1.56 bits per heavy atom. The van der Waals surface area contributed by atoms with E-state index in [2.05, 4.69) is 26.2 Å². The van der Waals surface area contributed by atoms with Crippen molar-refractivity contribution in [2.24, 2.45) is 5.92 Å². The summed E-state index contributed by atoms with van der Waals surface area (Å²) in [6.45, 7) is 4.06. The molecule has 5 heteroatoms. The fraction of sp³-hybridized carbons (Fsp3) is 0.455. The zero-order valence-electron chi connectivity index (χ0n) is 9.27. The largest absolute Gasteiger partial charge is 0.391 e. The highest BCUT2D eigenvalue weighted by molar-refractivity contribution is 9.10. The Balaban J connectivity index is 2.50. The van der Waals surface area contributed by atoms with Gasteiger partial charge >= 0.3 is 0 Å². The van der Waals surface area contributed by atoms with E-state index in [0.717, 1.165) is 0 Å². The Bertz CT molecular complexity index is 352. The maximum Gasteiger partial charge on any atom is 0.252 e. The highest BCUT2D eigenvalue weighted by Crippen LogP contribution is 2.06. The van der Waals surface area contributed by atoms with E-state index < -0.39 is 6.10 Å². The van der Waals surface area contributed by atoms with Crippen molar-refractivity contribution in [1.29, 1.82) is 0 Å². The lowest BCUT2D eigenvalue weighted by molar-refractivity contribution is 0.0871. The molecule has 1 rings (SSSR count). The number of amides is 1. The van der Waals surface area contributed by atoms with E-state index in [0.29, 0.717) is 10.2 Å². The van der Waals surface area contributed by atoms with Crippen LogP contribution in [0.3, 0.4) is 0 Å². The third-order valence-corrected chi connectivity index (χ3v) is 2.70. The molecule has 2 N–H and O–H groups in total. The molecule has 88 valence electrons. The van der Waals surface area contributed by atoms with Gasteiger partial charge in [-0.25, -0.2) is 4.98 Å². The van der Waals surface area contributed by atoms with E-state index in [4.69, 9.17) is 0 Å². The van der Waals surface area contributed by atoms with Gasteiger partial charge in [-0.05, 0) is 34.0 Å². The molecule has 1 amide bonds. The Morgan fingerprint density at radius 2 is 2.25 bits per heavy atom. The number of halogens is 1. The molecule has 0 saturated carbocycles. The molecule has 0 aliphatic carbocycles. The van der Waals surface area contributed by atoms with Crippen LogP contribution in [0.5, 0.6) is 0 Å². The number of carbonyl (C=O) groups is 1. The molecule has 1 aromatic heterocycles. The summed E-state index contributed by atoms with van der Waals surface area (Å²) in [4.78, 5) is 15.6. The van der Waals surface area contributed by atoms with Crippen LogP contribution in [-0.4, -0.2) is 28.6 Å². The van der Waals surface area contributed by atoms with E-state index in [-0.39, 0.29) is 18.4 Å². The fourth-order valence-electron chi connectivity index (χ4n) is 1.05. The Labute approximate surface area is 103 Å². The van der Waals surface area contributed by atoms with Crippen molar-refractivity contribution < 1.29 is 9.90 Å². The molecule has 1 atom stereocenters. The van der Waals surface area contributed by atoms with Crippen LogP contribution >= 0.6 is 15.9 Å². The summed E-state index contributed by atoms with van der Waals surface area (Å²) in [5.41, 5.74) is 0.485. The smallest absolute Gasteiger partial charge is 0.252 e. The average molecular weight is 287 g/mol. The average Bonchev–Trinajstić information content (AvgIpc) is 2.26. The number of nitrogens with zero attached hydrogens (tertiary/aromatic N) is 1. The lowest BCUT2D eigenvalue weighted by Gasteiger charge is -2.14. The van der Waals surface area contributed by atoms with E-state index >= 15 is 0 Å². The van der Waals surface area contributed by atoms with E-state index in [1.54, 1.807) is 12.1 Å². The van der Waals surface area contributed by atoms with Crippen LogP contribution in [0.25, 0.3) is 0 Å². The Hall–Kier alpha value is -0.940. The summed E-state index contributed by atoms with van der Waals surface area (Å²) >= 11 is 3.19. The van der Waals surface area contributed by atoms with E-state index in [9.17, 15) is 9.90 Å². The lowest BCUT2D eigenvalue weighted by atomic mass is 10.1. The number of hydrogen-bond donors (Lipinski definition) is 2. The second kappa shape index (κ2) is 5.96. The number of rotatable bonds is 4. The summed E-state index contributed by atoms with van der Waals surface area (Å²) in [7, 11) is 0. The number of pyridine rings is 1. The van der Waals surface area contributed by atoms with Gasteiger partial charge in [0.25, 0.3) is 5.91 Å². The zero-order valence-corrected chi connectivity index (χ0v) is 10.9. The van der Waals surface area contributed by atoms with Crippen LogP contribution in [-0.2, 0) is 0 Å². The van der Waals surface area contributed by atoms with Gasteiger partial charge in [-0.1, -0.05) is 13.8 Å². The molecule has 0 aliphatic heterocycles. The highest BCUT2D eigenvalue weighted by atomic mass is 79.9. The summed E-state index contributed by atoms with van der Waals surface area (Å²) in [5.74, 6) is -0.0944. The predicted molar refractivity (Wildman–Crippen MR) is 65.1 cm³/mol. The minimum Gasteiger partial charge on any atom is -0.391 e. The molecule has 1 heterocycles. The molecule has 0 saturated heterocycles. The highest BCUT2D eigenvalue weighted by Gasteiger charge is 2.11. The fourth-order valence-corrected chi connectivity index (χ4v) is 1.28. The SMILES string of the molecule is CC(C)C(O)CNC(=O)c1ccc(Br)nc1. The molecule has 0 bridgehead atoms. The van der Waals surface area contributed by atoms with Crippen molar-refractivity contribution in [3.05, 3.63) is 28.5 Å². The molecule has 1 aromatic rings. The topological polar surface area (TPSA) is 62.2 Å². The molecule has 1 unspecified atom stereocenters. The van der Waals surface area contributed by atoms with Crippen molar-refractivity contribution >= 4 is 21.8 Å². The van der Waals surface area contributed by atoms with Crippen molar-refractivity contribution in [2.45, 2.75) is 20.0 Å². The number of carbonyl (C=O) groups excluding carboxylic acids is 1. The van der Waals surface area contributed by atoms with Gasteiger partial charge in [0.2, 0.25) is 0 Å². The van der Waals surface area contributed by atoms with Gasteiger partial charge in [0, 0.05) is 12.7 Å². The van der Waals surface area contributed by atoms with Crippen molar-refractivity contribution in [1.82, 2.24) is 10.3 Å². The van der Waals surface area contributed by atoms with Gasteiger partial charge in [0.05, 0.1) is 11.7 Å². The van der Waals surface area contributed by atoms with Crippen molar-refractivity contribution in [2.75, 3.05) is 6.54 Å². The Morgan fingerprint density at radius 3 is 2.75 bits per heavy atom. The maximum atomic E-state index is 11.6. The maximum absolute atomic E-state index is 11.6. The van der Waals surface area contributed by atoms with E-state index in [1.807, 2.05) is 13.8 Å². The number of aromatic nitrogens is 1. The minimum atomic E-state index is -0.521. The third kappa shape index (κ3) is 3.90. The van der Waals surface area contributed by atoms with E-state index in [1.165, 1.54) is 6.20 Å². The standard InChI is InChI=1S/C11H15BrN2O2/c1-7(2)9(15)6-14-11(16)8-3-4-10(12)13-5-8/h3-5,7,9,15H,6H2,1-2H3,(H,14,16). The quantitative estimate of drug-likeness (QED) is 0.827. The zero-order chi connectivity index (χ0) is 12.1.